The molecule has 0 aliphatic rings. The Morgan fingerprint density at radius 2 is 2.10 bits per heavy atom. The normalized spacial score (nSPS) is 12.1. The van der Waals surface area contributed by atoms with E-state index in [0.29, 0.717) is 12.2 Å². The first-order chi connectivity index (χ1) is 9.63. The van der Waals surface area contributed by atoms with Crippen molar-refractivity contribution >= 4 is 17.7 Å². The first kappa shape index (κ1) is 14.7. The summed E-state index contributed by atoms with van der Waals surface area (Å²) in [6, 6.07) is 9.84. The average molecular weight is 293 g/mol. The summed E-state index contributed by atoms with van der Waals surface area (Å²) < 4.78 is 18.0. The topological polar surface area (TPSA) is 42.2 Å². The number of carbonyl (C=O) groups is 1. The van der Waals surface area contributed by atoms with E-state index in [9.17, 15) is 9.18 Å². The maximum atomic E-state index is 12.7. The largest absolute Gasteiger partial charge is 0.469 e. The Hall–Kier alpha value is -1.75. The minimum atomic E-state index is -0.272. The van der Waals surface area contributed by atoms with Crippen LogP contribution in [0.3, 0.4) is 0 Å². The van der Waals surface area contributed by atoms with Crippen LogP contribution in [0.2, 0.25) is 0 Å². The van der Waals surface area contributed by atoms with E-state index in [2.05, 4.69) is 5.32 Å². The molecule has 2 rings (SSSR count). The standard InChI is InChI=1S/C15H16FNO2S/c1-11(9-13-3-2-8-19-13)17-15(18)10-20-14-6-4-12(16)5-7-14/h2-8,11H,9-10H2,1H3,(H,17,18). The maximum absolute atomic E-state index is 12.7. The van der Waals surface area contributed by atoms with Gasteiger partial charge in [-0.25, -0.2) is 4.39 Å². The van der Waals surface area contributed by atoms with E-state index in [1.54, 1.807) is 18.4 Å². The fraction of sp³-hybridized carbons (Fsp3) is 0.267. The van der Waals surface area contributed by atoms with Gasteiger partial charge < -0.3 is 9.73 Å². The molecule has 5 heteroatoms. The van der Waals surface area contributed by atoms with Crippen LogP contribution in [0.4, 0.5) is 4.39 Å². The van der Waals surface area contributed by atoms with Gasteiger partial charge >= 0.3 is 0 Å². The molecule has 1 unspecified atom stereocenters. The zero-order chi connectivity index (χ0) is 14.4. The molecule has 3 nitrogen and oxygen atoms in total. The third-order valence-electron chi connectivity index (χ3n) is 2.68. The summed E-state index contributed by atoms with van der Waals surface area (Å²) >= 11 is 1.39. The smallest absolute Gasteiger partial charge is 0.230 e. The summed E-state index contributed by atoms with van der Waals surface area (Å²) in [6.45, 7) is 1.93. The summed E-state index contributed by atoms with van der Waals surface area (Å²) in [7, 11) is 0. The van der Waals surface area contributed by atoms with Crippen molar-refractivity contribution in [1.29, 1.82) is 0 Å². The lowest BCUT2D eigenvalue weighted by atomic mass is 10.2. The number of furan rings is 1. The van der Waals surface area contributed by atoms with Crippen LogP contribution in [0, 0.1) is 5.82 Å². The van der Waals surface area contributed by atoms with Gasteiger partial charge in [0.15, 0.2) is 0 Å². The Bertz CT molecular complexity index is 540. The molecule has 106 valence electrons. The number of benzene rings is 1. The number of amides is 1. The molecule has 0 saturated carbocycles. The van der Waals surface area contributed by atoms with Gasteiger partial charge in [-0.3, -0.25) is 4.79 Å². The maximum Gasteiger partial charge on any atom is 0.230 e. The van der Waals surface area contributed by atoms with Crippen LogP contribution in [0.5, 0.6) is 0 Å². The van der Waals surface area contributed by atoms with Crippen LogP contribution in [-0.4, -0.2) is 17.7 Å². The Balaban J connectivity index is 1.73. The van der Waals surface area contributed by atoms with E-state index in [1.807, 2.05) is 19.1 Å². The number of hydrogen-bond donors (Lipinski definition) is 1. The lowest BCUT2D eigenvalue weighted by molar-refractivity contribution is -0.119. The fourth-order valence-electron chi connectivity index (χ4n) is 1.78. The van der Waals surface area contributed by atoms with E-state index in [-0.39, 0.29) is 17.8 Å². The van der Waals surface area contributed by atoms with Crippen molar-refractivity contribution in [2.45, 2.75) is 24.3 Å². The first-order valence-electron chi connectivity index (χ1n) is 6.33. The number of thioether (sulfide) groups is 1. The number of hydrogen-bond acceptors (Lipinski definition) is 3. The van der Waals surface area contributed by atoms with Crippen LogP contribution in [0.1, 0.15) is 12.7 Å². The van der Waals surface area contributed by atoms with Crippen LogP contribution in [0.15, 0.2) is 52.0 Å². The highest BCUT2D eigenvalue weighted by Gasteiger charge is 2.10. The molecule has 0 saturated heterocycles. The molecule has 0 spiro atoms. The van der Waals surface area contributed by atoms with Gasteiger partial charge in [0.1, 0.15) is 11.6 Å². The molecule has 0 fully saturated rings. The van der Waals surface area contributed by atoms with E-state index < -0.39 is 0 Å². The summed E-state index contributed by atoms with van der Waals surface area (Å²) in [5.74, 6) is 0.849. The average Bonchev–Trinajstić information content (AvgIpc) is 2.90. The van der Waals surface area contributed by atoms with Crippen molar-refractivity contribution in [3.05, 3.63) is 54.2 Å². The second kappa shape index (κ2) is 7.14. The van der Waals surface area contributed by atoms with Crippen molar-refractivity contribution < 1.29 is 13.6 Å². The molecule has 1 amide bonds. The van der Waals surface area contributed by atoms with Gasteiger partial charge in [-0.1, -0.05) is 0 Å². The number of carbonyl (C=O) groups excluding carboxylic acids is 1. The van der Waals surface area contributed by atoms with Crippen LogP contribution < -0.4 is 5.32 Å². The molecule has 2 aromatic rings. The number of halogens is 1. The van der Waals surface area contributed by atoms with Gasteiger partial charge in [0.2, 0.25) is 5.91 Å². The fourth-order valence-corrected chi connectivity index (χ4v) is 2.49. The molecule has 1 atom stereocenters. The summed E-state index contributed by atoms with van der Waals surface area (Å²) in [4.78, 5) is 12.7. The summed E-state index contributed by atoms with van der Waals surface area (Å²) in [5.41, 5.74) is 0. The Labute approximate surface area is 121 Å². The minimum Gasteiger partial charge on any atom is -0.469 e. The van der Waals surface area contributed by atoms with Crippen molar-refractivity contribution in [2.75, 3.05) is 5.75 Å². The van der Waals surface area contributed by atoms with Crippen LogP contribution in [-0.2, 0) is 11.2 Å². The third-order valence-corrected chi connectivity index (χ3v) is 3.69. The zero-order valence-electron chi connectivity index (χ0n) is 11.1. The van der Waals surface area contributed by atoms with Gasteiger partial charge in [0.05, 0.1) is 12.0 Å². The monoisotopic (exact) mass is 293 g/mol. The molecule has 0 bridgehead atoms. The molecule has 1 aromatic carbocycles. The quantitative estimate of drug-likeness (QED) is 0.831. The van der Waals surface area contributed by atoms with Gasteiger partial charge in [0.25, 0.3) is 0 Å². The molecular weight excluding hydrogens is 277 g/mol. The van der Waals surface area contributed by atoms with E-state index in [1.165, 1.54) is 23.9 Å². The molecule has 1 N–H and O–H groups in total. The SMILES string of the molecule is CC(Cc1ccco1)NC(=O)CSc1ccc(F)cc1. The number of rotatable bonds is 6. The Morgan fingerprint density at radius 3 is 2.75 bits per heavy atom. The highest BCUT2D eigenvalue weighted by atomic mass is 32.2. The van der Waals surface area contributed by atoms with Gasteiger partial charge in [-0.05, 0) is 43.3 Å². The molecule has 0 radical (unpaired) electrons. The Kier molecular flexibility index (Phi) is 5.24. The molecule has 1 aromatic heterocycles. The molecular formula is C15H16FNO2S. The lowest BCUT2D eigenvalue weighted by Crippen LogP contribution is -2.35. The number of nitrogens with one attached hydrogen (secondary N) is 1. The van der Waals surface area contributed by atoms with Crippen molar-refractivity contribution in [3.8, 4) is 0 Å². The van der Waals surface area contributed by atoms with Crippen LogP contribution in [0.25, 0.3) is 0 Å². The predicted molar refractivity (Wildman–Crippen MR) is 77.1 cm³/mol. The summed E-state index contributed by atoms with van der Waals surface area (Å²) in [5, 5.41) is 2.91. The predicted octanol–water partition coefficient (Wildman–Crippen LogP) is 3.26. The minimum absolute atomic E-state index is 0.0162. The third kappa shape index (κ3) is 4.74. The van der Waals surface area contributed by atoms with E-state index in [0.717, 1.165) is 10.7 Å². The van der Waals surface area contributed by atoms with Gasteiger partial charge in [-0.15, -0.1) is 11.8 Å². The molecule has 0 aliphatic carbocycles. The molecule has 1 heterocycles. The van der Waals surface area contributed by atoms with Gasteiger partial charge in [0, 0.05) is 17.4 Å². The second-order valence-corrected chi connectivity index (χ2v) is 5.54. The molecule has 0 aliphatic heterocycles. The van der Waals surface area contributed by atoms with E-state index in [4.69, 9.17) is 4.42 Å². The van der Waals surface area contributed by atoms with Gasteiger partial charge in [-0.2, -0.15) is 0 Å². The Morgan fingerprint density at radius 1 is 1.35 bits per heavy atom. The van der Waals surface area contributed by atoms with Crippen molar-refractivity contribution in [1.82, 2.24) is 5.32 Å². The second-order valence-electron chi connectivity index (χ2n) is 4.49. The van der Waals surface area contributed by atoms with Crippen molar-refractivity contribution in [3.63, 3.8) is 0 Å². The van der Waals surface area contributed by atoms with Crippen LogP contribution >= 0.6 is 11.8 Å². The van der Waals surface area contributed by atoms with Crippen molar-refractivity contribution in [2.24, 2.45) is 0 Å². The van der Waals surface area contributed by atoms with E-state index >= 15 is 0 Å². The highest BCUT2D eigenvalue weighted by molar-refractivity contribution is 8.00. The molecule has 20 heavy (non-hydrogen) atoms. The highest BCUT2D eigenvalue weighted by Crippen LogP contribution is 2.17. The first-order valence-corrected chi connectivity index (χ1v) is 7.32. The zero-order valence-corrected chi connectivity index (χ0v) is 12.0. The summed E-state index contributed by atoms with van der Waals surface area (Å²) in [6.07, 6.45) is 2.29. The lowest BCUT2D eigenvalue weighted by Gasteiger charge is -2.12.